The molecule has 0 saturated heterocycles. The topological polar surface area (TPSA) is 30.5 Å². The molecule has 17 heavy (non-hydrogen) atoms. The first-order valence-corrected chi connectivity index (χ1v) is 6.08. The minimum atomic E-state index is 0.0443. The molecule has 2 rings (SSSR count). The van der Waals surface area contributed by atoms with Crippen molar-refractivity contribution in [2.24, 2.45) is 0 Å². The maximum atomic E-state index is 5.96. The van der Waals surface area contributed by atoms with E-state index in [0.29, 0.717) is 6.61 Å². The minimum absolute atomic E-state index is 0.0443. The van der Waals surface area contributed by atoms with Gasteiger partial charge in [-0.3, -0.25) is 0 Å². The number of para-hydroxylation sites is 2. The summed E-state index contributed by atoms with van der Waals surface area (Å²) < 4.78 is 11.7. The van der Waals surface area contributed by atoms with Crippen LogP contribution >= 0.6 is 0 Å². The second-order valence-corrected chi connectivity index (χ2v) is 4.10. The number of likely N-dealkylation sites (N-methyl/N-ethyl adjacent to an activating group) is 1. The normalized spacial score (nSPS) is 19.7. The van der Waals surface area contributed by atoms with Gasteiger partial charge in [-0.15, -0.1) is 6.58 Å². The summed E-state index contributed by atoms with van der Waals surface area (Å²) in [5.74, 6) is 1.66. The molecule has 1 aromatic carbocycles. The van der Waals surface area contributed by atoms with Crippen molar-refractivity contribution >= 4 is 0 Å². The molecular formula is C14H19NO2. The summed E-state index contributed by atoms with van der Waals surface area (Å²) in [5.41, 5.74) is 0. The number of rotatable bonds is 5. The van der Waals surface area contributed by atoms with Crippen LogP contribution in [0.25, 0.3) is 0 Å². The van der Waals surface area contributed by atoms with E-state index in [1.165, 1.54) is 0 Å². The molecule has 1 aliphatic rings. The molecule has 3 heteroatoms. The van der Waals surface area contributed by atoms with E-state index in [0.717, 1.165) is 24.5 Å². The third kappa shape index (κ3) is 2.80. The van der Waals surface area contributed by atoms with Crippen LogP contribution in [-0.4, -0.2) is 25.3 Å². The third-order valence-electron chi connectivity index (χ3n) is 2.87. The van der Waals surface area contributed by atoms with E-state index in [2.05, 4.69) is 18.8 Å². The smallest absolute Gasteiger partial charge is 0.161 e. The molecule has 2 unspecified atom stereocenters. The van der Waals surface area contributed by atoms with Crippen molar-refractivity contribution < 1.29 is 9.47 Å². The van der Waals surface area contributed by atoms with E-state index < -0.39 is 0 Å². The van der Waals surface area contributed by atoms with E-state index in [4.69, 9.17) is 9.47 Å². The third-order valence-corrected chi connectivity index (χ3v) is 2.87. The Balaban J connectivity index is 2.07. The molecule has 0 spiro atoms. The highest BCUT2D eigenvalue weighted by Gasteiger charge is 2.27. The summed E-state index contributed by atoms with van der Waals surface area (Å²) in [7, 11) is 0. The van der Waals surface area contributed by atoms with Crippen LogP contribution < -0.4 is 14.8 Å². The molecule has 0 fully saturated rings. The fourth-order valence-corrected chi connectivity index (χ4v) is 2.04. The average Bonchev–Trinajstić information content (AvgIpc) is 2.38. The second-order valence-electron chi connectivity index (χ2n) is 4.10. The molecule has 1 aliphatic heterocycles. The lowest BCUT2D eigenvalue weighted by Gasteiger charge is -2.32. The summed E-state index contributed by atoms with van der Waals surface area (Å²) >= 11 is 0. The number of ether oxygens (including phenoxy) is 2. The number of benzene rings is 1. The molecule has 0 aliphatic carbocycles. The maximum absolute atomic E-state index is 5.96. The van der Waals surface area contributed by atoms with Crippen molar-refractivity contribution in [2.75, 3.05) is 13.2 Å². The standard InChI is InChI=1S/C14H19NO2/c1-3-7-11(15-4-2)14-10-16-12-8-5-6-9-13(12)17-14/h3,5-6,8-9,11,14-15H,1,4,7,10H2,2H3. The Labute approximate surface area is 102 Å². The molecule has 0 aromatic heterocycles. The summed E-state index contributed by atoms with van der Waals surface area (Å²) in [6.45, 7) is 7.38. The van der Waals surface area contributed by atoms with Gasteiger partial charge in [-0.2, -0.15) is 0 Å². The lowest BCUT2D eigenvalue weighted by molar-refractivity contribution is 0.0631. The van der Waals surface area contributed by atoms with E-state index in [1.807, 2.05) is 30.3 Å². The average molecular weight is 233 g/mol. The van der Waals surface area contributed by atoms with Gasteiger partial charge in [0, 0.05) is 0 Å². The number of nitrogens with one attached hydrogen (secondary N) is 1. The molecule has 92 valence electrons. The Bertz CT molecular complexity index is 378. The van der Waals surface area contributed by atoms with E-state index in [1.54, 1.807) is 0 Å². The van der Waals surface area contributed by atoms with Crippen LogP contribution in [0.5, 0.6) is 11.5 Å². The van der Waals surface area contributed by atoms with Gasteiger partial charge in [0.1, 0.15) is 12.7 Å². The fourth-order valence-electron chi connectivity index (χ4n) is 2.04. The number of fused-ring (bicyclic) bond motifs is 1. The summed E-state index contributed by atoms with van der Waals surface area (Å²) in [4.78, 5) is 0. The molecule has 0 bridgehead atoms. The van der Waals surface area contributed by atoms with Gasteiger partial charge in [-0.25, -0.2) is 0 Å². The Hall–Kier alpha value is -1.48. The maximum Gasteiger partial charge on any atom is 0.161 e. The van der Waals surface area contributed by atoms with Crippen LogP contribution in [0.3, 0.4) is 0 Å². The Morgan fingerprint density at radius 2 is 2.24 bits per heavy atom. The van der Waals surface area contributed by atoms with Crippen molar-refractivity contribution in [1.82, 2.24) is 5.32 Å². The zero-order valence-electron chi connectivity index (χ0n) is 10.2. The van der Waals surface area contributed by atoms with Gasteiger partial charge >= 0.3 is 0 Å². The highest BCUT2D eigenvalue weighted by Crippen LogP contribution is 2.31. The van der Waals surface area contributed by atoms with Crippen molar-refractivity contribution in [2.45, 2.75) is 25.5 Å². The Kier molecular flexibility index (Phi) is 4.04. The van der Waals surface area contributed by atoms with Gasteiger partial charge in [0.15, 0.2) is 11.5 Å². The van der Waals surface area contributed by atoms with Crippen molar-refractivity contribution in [3.63, 3.8) is 0 Å². The van der Waals surface area contributed by atoms with E-state index in [9.17, 15) is 0 Å². The highest BCUT2D eigenvalue weighted by atomic mass is 16.6. The summed E-state index contributed by atoms with van der Waals surface area (Å²) in [5, 5.41) is 3.41. The quantitative estimate of drug-likeness (QED) is 0.792. The molecular weight excluding hydrogens is 214 g/mol. The zero-order chi connectivity index (χ0) is 12.1. The zero-order valence-corrected chi connectivity index (χ0v) is 10.2. The van der Waals surface area contributed by atoms with Gasteiger partial charge in [0.05, 0.1) is 6.04 Å². The van der Waals surface area contributed by atoms with Crippen LogP contribution in [0, 0.1) is 0 Å². The first kappa shape index (κ1) is 12.0. The van der Waals surface area contributed by atoms with E-state index >= 15 is 0 Å². The highest BCUT2D eigenvalue weighted by molar-refractivity contribution is 5.40. The van der Waals surface area contributed by atoms with Crippen LogP contribution in [0.4, 0.5) is 0 Å². The van der Waals surface area contributed by atoms with Gasteiger partial charge < -0.3 is 14.8 Å². The lowest BCUT2D eigenvalue weighted by atomic mass is 10.1. The van der Waals surface area contributed by atoms with Crippen LogP contribution in [0.2, 0.25) is 0 Å². The van der Waals surface area contributed by atoms with Crippen molar-refractivity contribution in [1.29, 1.82) is 0 Å². The number of hydrogen-bond donors (Lipinski definition) is 1. The SMILES string of the molecule is C=CCC(NCC)C1COc2ccccc2O1. The van der Waals surface area contributed by atoms with E-state index in [-0.39, 0.29) is 12.1 Å². The Morgan fingerprint density at radius 3 is 2.94 bits per heavy atom. The minimum Gasteiger partial charge on any atom is -0.486 e. The predicted molar refractivity (Wildman–Crippen MR) is 68.6 cm³/mol. The molecule has 2 atom stereocenters. The van der Waals surface area contributed by atoms with Crippen LogP contribution in [0.15, 0.2) is 36.9 Å². The lowest BCUT2D eigenvalue weighted by Crippen LogP contribution is -2.47. The van der Waals surface area contributed by atoms with Gasteiger partial charge in [0.2, 0.25) is 0 Å². The first-order valence-electron chi connectivity index (χ1n) is 6.08. The van der Waals surface area contributed by atoms with Gasteiger partial charge in [0.25, 0.3) is 0 Å². The molecule has 1 heterocycles. The molecule has 1 N–H and O–H groups in total. The number of hydrogen-bond acceptors (Lipinski definition) is 3. The van der Waals surface area contributed by atoms with Crippen molar-refractivity contribution in [3.8, 4) is 11.5 Å². The largest absolute Gasteiger partial charge is 0.486 e. The summed E-state index contributed by atoms with van der Waals surface area (Å²) in [6, 6.07) is 8.04. The predicted octanol–water partition coefficient (Wildman–Crippen LogP) is 2.38. The van der Waals surface area contributed by atoms with Crippen LogP contribution in [0.1, 0.15) is 13.3 Å². The summed E-state index contributed by atoms with van der Waals surface area (Å²) in [6.07, 6.45) is 2.84. The monoisotopic (exact) mass is 233 g/mol. The second kappa shape index (κ2) is 5.73. The Morgan fingerprint density at radius 1 is 1.47 bits per heavy atom. The first-order chi connectivity index (χ1) is 8.35. The van der Waals surface area contributed by atoms with Gasteiger partial charge in [-0.05, 0) is 25.1 Å². The molecule has 0 radical (unpaired) electrons. The fraction of sp³-hybridized carbons (Fsp3) is 0.429. The molecule has 1 aromatic rings. The van der Waals surface area contributed by atoms with Gasteiger partial charge in [-0.1, -0.05) is 25.1 Å². The molecule has 0 saturated carbocycles. The molecule has 0 amide bonds. The molecule has 3 nitrogen and oxygen atoms in total. The van der Waals surface area contributed by atoms with Crippen LogP contribution in [-0.2, 0) is 0 Å². The van der Waals surface area contributed by atoms with Crippen molar-refractivity contribution in [3.05, 3.63) is 36.9 Å².